The van der Waals surface area contributed by atoms with Gasteiger partial charge in [0.05, 0.1) is 19.3 Å². The van der Waals surface area contributed by atoms with Crippen LogP contribution in [0.5, 0.6) is 11.5 Å². The minimum absolute atomic E-state index is 0.105. The van der Waals surface area contributed by atoms with Gasteiger partial charge in [-0.05, 0) is 58.2 Å². The third-order valence-electron chi connectivity index (χ3n) is 5.14. The van der Waals surface area contributed by atoms with Crippen molar-refractivity contribution in [1.82, 2.24) is 16.0 Å². The monoisotopic (exact) mass is 405 g/mol. The van der Waals surface area contributed by atoms with Gasteiger partial charge in [0.15, 0.2) is 11.5 Å². The first-order chi connectivity index (χ1) is 13.9. The number of nitrogens with one attached hydrogen (secondary N) is 3. The Kier molecular flexibility index (Phi) is 9.25. The second-order valence-electron chi connectivity index (χ2n) is 7.48. The lowest BCUT2D eigenvalue weighted by Gasteiger charge is -2.24. The molecule has 0 aliphatic heterocycles. The summed E-state index contributed by atoms with van der Waals surface area (Å²) in [6.07, 6.45) is 5.42. The van der Waals surface area contributed by atoms with Crippen molar-refractivity contribution in [2.45, 2.75) is 77.9 Å². The fraction of sp³-hybridized carbons (Fsp3) is 0.636. The van der Waals surface area contributed by atoms with E-state index in [9.17, 15) is 9.59 Å². The molecule has 0 unspecified atom stereocenters. The molecule has 7 nitrogen and oxygen atoms in total. The van der Waals surface area contributed by atoms with Crippen molar-refractivity contribution in [2.75, 3.05) is 13.2 Å². The largest absolute Gasteiger partial charge is 0.490 e. The molecule has 0 radical (unpaired) electrons. The summed E-state index contributed by atoms with van der Waals surface area (Å²) in [5.74, 6) is 1.04. The SMILES string of the molecule is CCOc1ccc([C@@H](C)N[C@@H](C)C(=O)NC(=O)NC2CCCCC2)cc1OCC. The number of benzene rings is 1. The highest BCUT2D eigenvalue weighted by molar-refractivity contribution is 5.96. The maximum atomic E-state index is 12.4. The lowest BCUT2D eigenvalue weighted by Crippen LogP contribution is -2.50. The van der Waals surface area contributed by atoms with E-state index in [0.717, 1.165) is 31.2 Å². The van der Waals surface area contributed by atoms with E-state index >= 15 is 0 Å². The Balaban J connectivity index is 1.89. The van der Waals surface area contributed by atoms with Gasteiger partial charge in [-0.1, -0.05) is 25.3 Å². The Labute approximate surface area is 173 Å². The molecule has 2 rings (SSSR count). The fourth-order valence-corrected chi connectivity index (χ4v) is 3.57. The quantitative estimate of drug-likeness (QED) is 0.583. The first kappa shape index (κ1) is 23.0. The van der Waals surface area contributed by atoms with Gasteiger partial charge in [-0.15, -0.1) is 0 Å². The van der Waals surface area contributed by atoms with Crippen LogP contribution in [0.2, 0.25) is 0 Å². The molecule has 7 heteroatoms. The number of carbonyl (C=O) groups excluding carboxylic acids is 2. The Morgan fingerprint density at radius 3 is 2.34 bits per heavy atom. The van der Waals surface area contributed by atoms with E-state index in [1.165, 1.54) is 6.42 Å². The summed E-state index contributed by atoms with van der Waals surface area (Å²) in [5.41, 5.74) is 0.975. The predicted octanol–water partition coefficient (Wildman–Crippen LogP) is 3.68. The van der Waals surface area contributed by atoms with Gasteiger partial charge in [0.25, 0.3) is 0 Å². The van der Waals surface area contributed by atoms with E-state index in [4.69, 9.17) is 9.47 Å². The molecule has 0 bridgehead atoms. The number of imide groups is 1. The average Bonchev–Trinajstić information content (AvgIpc) is 2.70. The number of hydrogen-bond donors (Lipinski definition) is 3. The van der Waals surface area contributed by atoms with Gasteiger partial charge in [0, 0.05) is 12.1 Å². The van der Waals surface area contributed by atoms with Gasteiger partial charge >= 0.3 is 6.03 Å². The van der Waals surface area contributed by atoms with Gasteiger partial charge in [0.1, 0.15) is 0 Å². The third-order valence-corrected chi connectivity index (χ3v) is 5.14. The van der Waals surface area contributed by atoms with Gasteiger partial charge in [-0.25, -0.2) is 4.79 Å². The van der Waals surface area contributed by atoms with E-state index in [-0.39, 0.29) is 18.0 Å². The molecule has 0 heterocycles. The zero-order valence-corrected chi connectivity index (χ0v) is 18.0. The average molecular weight is 406 g/mol. The minimum Gasteiger partial charge on any atom is -0.490 e. The molecule has 29 heavy (non-hydrogen) atoms. The number of amides is 3. The molecule has 1 aromatic rings. The molecule has 3 N–H and O–H groups in total. The van der Waals surface area contributed by atoms with Crippen LogP contribution in [-0.2, 0) is 4.79 Å². The van der Waals surface area contributed by atoms with E-state index < -0.39 is 12.1 Å². The highest BCUT2D eigenvalue weighted by Gasteiger charge is 2.21. The molecule has 1 aromatic carbocycles. The lowest BCUT2D eigenvalue weighted by atomic mass is 9.96. The molecule has 0 aromatic heterocycles. The zero-order chi connectivity index (χ0) is 21.2. The Bertz CT molecular complexity index is 674. The molecule has 162 valence electrons. The molecule has 1 saturated carbocycles. The van der Waals surface area contributed by atoms with Crippen LogP contribution in [-0.4, -0.2) is 37.2 Å². The standard InChI is InChI=1S/C22H35N3O4/c1-5-28-19-13-12-17(14-20(19)29-6-2)15(3)23-16(4)21(26)25-22(27)24-18-10-8-7-9-11-18/h12-16,18,23H,5-11H2,1-4H3,(H2,24,25,26,27)/t15-,16+/m1/s1. The van der Waals surface area contributed by atoms with E-state index in [0.29, 0.717) is 24.7 Å². The molecule has 2 atom stereocenters. The number of rotatable bonds is 9. The molecular weight excluding hydrogens is 370 g/mol. The summed E-state index contributed by atoms with van der Waals surface area (Å²) in [4.78, 5) is 24.5. The zero-order valence-electron chi connectivity index (χ0n) is 18.0. The number of hydrogen-bond acceptors (Lipinski definition) is 5. The second kappa shape index (κ2) is 11.7. The van der Waals surface area contributed by atoms with Gasteiger partial charge in [-0.2, -0.15) is 0 Å². The smallest absolute Gasteiger partial charge is 0.321 e. The fourth-order valence-electron chi connectivity index (χ4n) is 3.57. The molecule has 1 aliphatic carbocycles. The van der Waals surface area contributed by atoms with Crippen molar-refractivity contribution in [1.29, 1.82) is 0 Å². The van der Waals surface area contributed by atoms with Gasteiger partial charge in [0.2, 0.25) is 5.91 Å². The third kappa shape index (κ3) is 7.24. The molecule has 0 saturated heterocycles. The van der Waals surface area contributed by atoms with Crippen LogP contribution in [0.15, 0.2) is 18.2 Å². The highest BCUT2D eigenvalue weighted by atomic mass is 16.5. The van der Waals surface area contributed by atoms with Crippen LogP contribution in [0.1, 0.15) is 71.4 Å². The number of carbonyl (C=O) groups is 2. The lowest BCUT2D eigenvalue weighted by molar-refractivity contribution is -0.121. The Morgan fingerprint density at radius 1 is 1.03 bits per heavy atom. The molecular formula is C22H35N3O4. The number of ether oxygens (including phenoxy) is 2. The predicted molar refractivity (Wildman–Crippen MR) is 113 cm³/mol. The second-order valence-corrected chi connectivity index (χ2v) is 7.48. The normalized spacial score (nSPS) is 16.6. The number of urea groups is 1. The summed E-state index contributed by atoms with van der Waals surface area (Å²) in [7, 11) is 0. The summed E-state index contributed by atoms with van der Waals surface area (Å²) in [6, 6.07) is 4.88. The van der Waals surface area contributed by atoms with Crippen molar-refractivity contribution >= 4 is 11.9 Å². The van der Waals surface area contributed by atoms with Crippen LogP contribution in [0.4, 0.5) is 4.79 Å². The van der Waals surface area contributed by atoms with Crippen molar-refractivity contribution in [2.24, 2.45) is 0 Å². The van der Waals surface area contributed by atoms with Crippen molar-refractivity contribution in [3.63, 3.8) is 0 Å². The van der Waals surface area contributed by atoms with Crippen molar-refractivity contribution in [3.8, 4) is 11.5 Å². The van der Waals surface area contributed by atoms with E-state index in [1.54, 1.807) is 6.92 Å². The summed E-state index contributed by atoms with van der Waals surface area (Å²) in [6.45, 7) is 8.68. The summed E-state index contributed by atoms with van der Waals surface area (Å²) in [5, 5.41) is 8.58. The summed E-state index contributed by atoms with van der Waals surface area (Å²) >= 11 is 0. The highest BCUT2D eigenvalue weighted by Crippen LogP contribution is 2.30. The van der Waals surface area contributed by atoms with E-state index in [1.807, 2.05) is 39.0 Å². The maximum Gasteiger partial charge on any atom is 0.321 e. The van der Waals surface area contributed by atoms with Gasteiger partial charge in [-0.3, -0.25) is 15.4 Å². The summed E-state index contributed by atoms with van der Waals surface area (Å²) < 4.78 is 11.3. The van der Waals surface area contributed by atoms with Crippen LogP contribution >= 0.6 is 0 Å². The van der Waals surface area contributed by atoms with E-state index in [2.05, 4.69) is 16.0 Å². The first-order valence-corrected chi connectivity index (χ1v) is 10.7. The van der Waals surface area contributed by atoms with Crippen LogP contribution in [0, 0.1) is 0 Å². The van der Waals surface area contributed by atoms with Crippen molar-refractivity contribution < 1.29 is 19.1 Å². The van der Waals surface area contributed by atoms with Gasteiger partial charge < -0.3 is 14.8 Å². The Hall–Kier alpha value is -2.28. The van der Waals surface area contributed by atoms with Crippen molar-refractivity contribution in [3.05, 3.63) is 23.8 Å². The minimum atomic E-state index is -0.524. The maximum absolute atomic E-state index is 12.4. The topological polar surface area (TPSA) is 88.7 Å². The van der Waals surface area contributed by atoms with Crippen LogP contribution in [0.25, 0.3) is 0 Å². The molecule has 1 fully saturated rings. The van der Waals surface area contributed by atoms with Crippen LogP contribution in [0.3, 0.4) is 0 Å². The molecule has 1 aliphatic rings. The molecule has 3 amide bonds. The van der Waals surface area contributed by atoms with Crippen LogP contribution < -0.4 is 25.4 Å². The first-order valence-electron chi connectivity index (χ1n) is 10.7. The Morgan fingerprint density at radius 2 is 1.69 bits per heavy atom. The molecule has 0 spiro atoms.